The zero-order valence-corrected chi connectivity index (χ0v) is 19.0. The smallest absolute Gasteiger partial charge is 0.185 e. The molecule has 1 atom stereocenters. The second kappa shape index (κ2) is 6.92. The highest BCUT2D eigenvalue weighted by atomic mass is 32.2. The van der Waals surface area contributed by atoms with Crippen LogP contribution in [0.1, 0.15) is 30.5 Å². The number of morpholine rings is 1. The molecule has 32 heavy (non-hydrogen) atoms. The SMILES string of the molecule is Cc1cc(-c2nc3c(c(C4(S(C)(=O)=O)CCC4)n2)OCC2COCCN32)c2cc[nH]c2c1. The Morgan fingerprint density at radius 2 is 2.06 bits per heavy atom. The first-order valence-corrected chi connectivity index (χ1v) is 12.9. The van der Waals surface area contributed by atoms with Gasteiger partial charge in [0, 0.05) is 35.5 Å². The third-order valence-electron chi connectivity index (χ3n) is 7.12. The molecule has 2 aliphatic heterocycles. The molecule has 6 rings (SSSR count). The Hall–Kier alpha value is -2.65. The number of anilines is 1. The van der Waals surface area contributed by atoms with E-state index in [-0.39, 0.29) is 6.04 Å². The van der Waals surface area contributed by atoms with Gasteiger partial charge >= 0.3 is 0 Å². The van der Waals surface area contributed by atoms with Gasteiger partial charge in [0.15, 0.2) is 27.2 Å². The molecule has 0 amide bonds. The summed E-state index contributed by atoms with van der Waals surface area (Å²) in [6.07, 6.45) is 5.18. The Kier molecular flexibility index (Phi) is 4.32. The highest BCUT2D eigenvalue weighted by molar-refractivity contribution is 7.91. The monoisotopic (exact) mass is 454 g/mol. The molecule has 2 fully saturated rings. The number of sulfone groups is 1. The van der Waals surface area contributed by atoms with Gasteiger partial charge in [-0.05, 0) is 49.9 Å². The van der Waals surface area contributed by atoms with Gasteiger partial charge in [-0.25, -0.2) is 18.4 Å². The fourth-order valence-electron chi connectivity index (χ4n) is 5.22. The first-order valence-electron chi connectivity index (χ1n) is 11.0. The number of fused-ring (bicyclic) bond motifs is 4. The fourth-order valence-corrected chi connectivity index (χ4v) is 6.74. The average Bonchev–Trinajstić information content (AvgIpc) is 3.19. The molecule has 1 aromatic carbocycles. The molecule has 1 saturated heterocycles. The van der Waals surface area contributed by atoms with Gasteiger partial charge in [-0.3, -0.25) is 0 Å². The predicted molar refractivity (Wildman–Crippen MR) is 122 cm³/mol. The zero-order chi connectivity index (χ0) is 22.1. The van der Waals surface area contributed by atoms with Crippen molar-refractivity contribution in [2.75, 3.05) is 37.5 Å². The summed E-state index contributed by atoms with van der Waals surface area (Å²) in [6.45, 7) is 4.34. The first-order chi connectivity index (χ1) is 15.4. The van der Waals surface area contributed by atoms with Crippen molar-refractivity contribution in [1.29, 1.82) is 0 Å². The van der Waals surface area contributed by atoms with Crippen LogP contribution in [0.5, 0.6) is 5.75 Å². The Morgan fingerprint density at radius 3 is 2.81 bits per heavy atom. The van der Waals surface area contributed by atoms with Crippen LogP contribution in [0.4, 0.5) is 5.82 Å². The number of hydrogen-bond acceptors (Lipinski definition) is 7. The molecule has 4 heterocycles. The van der Waals surface area contributed by atoms with Crippen LogP contribution in [0.3, 0.4) is 0 Å². The second-order valence-corrected chi connectivity index (χ2v) is 11.5. The second-order valence-electron chi connectivity index (χ2n) is 9.15. The summed E-state index contributed by atoms with van der Waals surface area (Å²) in [4.78, 5) is 15.4. The molecule has 8 nitrogen and oxygen atoms in total. The largest absolute Gasteiger partial charge is 0.486 e. The molecule has 1 saturated carbocycles. The summed E-state index contributed by atoms with van der Waals surface area (Å²) in [5, 5.41) is 1.01. The van der Waals surface area contributed by atoms with Crippen LogP contribution in [0, 0.1) is 6.92 Å². The molecule has 0 radical (unpaired) electrons. The van der Waals surface area contributed by atoms with E-state index in [4.69, 9.17) is 19.4 Å². The lowest BCUT2D eigenvalue weighted by atomic mass is 9.80. The van der Waals surface area contributed by atoms with Crippen LogP contribution in [0.15, 0.2) is 24.4 Å². The van der Waals surface area contributed by atoms with E-state index in [1.54, 1.807) is 0 Å². The molecule has 9 heteroatoms. The average molecular weight is 455 g/mol. The van der Waals surface area contributed by atoms with Crippen molar-refractivity contribution in [3.63, 3.8) is 0 Å². The van der Waals surface area contributed by atoms with Crippen molar-refractivity contribution in [2.24, 2.45) is 0 Å². The topological polar surface area (TPSA) is 97.4 Å². The third kappa shape index (κ3) is 2.80. The van der Waals surface area contributed by atoms with E-state index < -0.39 is 14.6 Å². The lowest BCUT2D eigenvalue weighted by Crippen LogP contribution is -2.52. The summed E-state index contributed by atoms with van der Waals surface area (Å²) < 4.78 is 36.8. The number of nitrogens with one attached hydrogen (secondary N) is 1. The Morgan fingerprint density at radius 1 is 1.22 bits per heavy atom. The van der Waals surface area contributed by atoms with Crippen LogP contribution < -0.4 is 9.64 Å². The molecule has 0 spiro atoms. The summed E-state index contributed by atoms with van der Waals surface area (Å²) >= 11 is 0. The number of hydrogen-bond donors (Lipinski definition) is 1. The van der Waals surface area contributed by atoms with Crippen molar-refractivity contribution < 1.29 is 17.9 Å². The van der Waals surface area contributed by atoms with Gasteiger partial charge in [0.25, 0.3) is 0 Å². The lowest BCUT2D eigenvalue weighted by molar-refractivity contribution is 0.0688. The van der Waals surface area contributed by atoms with E-state index in [1.165, 1.54) is 6.26 Å². The van der Waals surface area contributed by atoms with Gasteiger partial charge < -0.3 is 19.4 Å². The molecule has 1 unspecified atom stereocenters. The molecular formula is C23H26N4O4S. The quantitative estimate of drug-likeness (QED) is 0.650. The summed E-state index contributed by atoms with van der Waals surface area (Å²) in [5.74, 6) is 1.75. The Balaban J connectivity index is 1.64. The van der Waals surface area contributed by atoms with Crippen molar-refractivity contribution in [1.82, 2.24) is 15.0 Å². The molecule has 0 bridgehead atoms. The summed E-state index contributed by atoms with van der Waals surface area (Å²) in [7, 11) is -3.40. The van der Waals surface area contributed by atoms with Crippen LogP contribution >= 0.6 is 0 Å². The van der Waals surface area contributed by atoms with Crippen molar-refractivity contribution in [2.45, 2.75) is 37.0 Å². The number of benzene rings is 1. The number of ether oxygens (including phenoxy) is 2. The van der Waals surface area contributed by atoms with Gasteiger partial charge in [-0.15, -0.1) is 0 Å². The van der Waals surface area contributed by atoms with Gasteiger partial charge in [-0.1, -0.05) is 0 Å². The Bertz CT molecular complexity index is 1330. The highest BCUT2D eigenvalue weighted by Gasteiger charge is 2.53. The molecule has 1 N–H and O–H groups in total. The van der Waals surface area contributed by atoms with Crippen LogP contribution in [0.25, 0.3) is 22.3 Å². The number of aryl methyl sites for hydroxylation is 1. The molecule has 3 aromatic rings. The van der Waals surface area contributed by atoms with E-state index in [0.717, 1.165) is 28.5 Å². The zero-order valence-electron chi connectivity index (χ0n) is 18.2. The van der Waals surface area contributed by atoms with Gasteiger partial charge in [-0.2, -0.15) is 0 Å². The summed E-state index contributed by atoms with van der Waals surface area (Å²) in [6, 6.07) is 6.22. The third-order valence-corrected chi connectivity index (χ3v) is 9.15. The van der Waals surface area contributed by atoms with E-state index in [0.29, 0.717) is 62.3 Å². The lowest BCUT2D eigenvalue weighted by Gasteiger charge is -2.44. The van der Waals surface area contributed by atoms with Gasteiger partial charge in [0.1, 0.15) is 17.0 Å². The highest BCUT2D eigenvalue weighted by Crippen LogP contribution is 2.53. The minimum Gasteiger partial charge on any atom is -0.486 e. The first kappa shape index (κ1) is 20.0. The molecular weight excluding hydrogens is 428 g/mol. The minimum absolute atomic E-state index is 0.0622. The Labute approximate surface area is 186 Å². The molecule has 1 aliphatic carbocycles. The number of H-pyrrole nitrogens is 1. The van der Waals surface area contributed by atoms with E-state index >= 15 is 0 Å². The predicted octanol–water partition coefficient (Wildman–Crippen LogP) is 2.95. The summed E-state index contributed by atoms with van der Waals surface area (Å²) in [5.41, 5.74) is 3.50. The maximum Gasteiger partial charge on any atom is 0.185 e. The number of nitrogens with zero attached hydrogens (tertiary/aromatic N) is 3. The molecule has 2 aromatic heterocycles. The maximum absolute atomic E-state index is 13.0. The van der Waals surface area contributed by atoms with Crippen molar-refractivity contribution in [3.8, 4) is 17.1 Å². The fraction of sp³-hybridized carbons (Fsp3) is 0.478. The molecule has 3 aliphatic rings. The van der Waals surface area contributed by atoms with Gasteiger partial charge in [0.05, 0.1) is 19.3 Å². The van der Waals surface area contributed by atoms with E-state index in [2.05, 4.69) is 22.0 Å². The van der Waals surface area contributed by atoms with Crippen LogP contribution in [0.2, 0.25) is 0 Å². The normalized spacial score (nSPS) is 22.1. The molecule has 168 valence electrons. The van der Waals surface area contributed by atoms with Crippen molar-refractivity contribution in [3.05, 3.63) is 35.7 Å². The van der Waals surface area contributed by atoms with Crippen molar-refractivity contribution >= 4 is 26.6 Å². The minimum atomic E-state index is -3.40. The van der Waals surface area contributed by atoms with E-state index in [1.807, 2.05) is 19.2 Å². The van der Waals surface area contributed by atoms with Crippen LogP contribution in [-0.4, -0.2) is 62.0 Å². The number of aromatic amines is 1. The number of rotatable bonds is 3. The van der Waals surface area contributed by atoms with Gasteiger partial charge in [0.2, 0.25) is 0 Å². The van der Waals surface area contributed by atoms with Crippen LogP contribution in [-0.2, 0) is 19.3 Å². The maximum atomic E-state index is 13.0. The van der Waals surface area contributed by atoms with E-state index in [9.17, 15) is 8.42 Å². The number of aromatic nitrogens is 3. The standard InChI is InChI=1S/C23H26N4O4S/c1-14-10-17(16-4-7-24-18(16)11-14)21-25-20(23(5-3-6-23)32(2,28)29)19-22(26-21)27-8-9-30-12-15(27)13-31-19/h4,7,10-11,15,24H,3,5-6,8-9,12-13H2,1-2H3.